The minimum atomic E-state index is -2.75. The first kappa shape index (κ1) is 48.0. The van der Waals surface area contributed by atoms with Crippen LogP contribution in [0.3, 0.4) is 0 Å². The van der Waals surface area contributed by atoms with Crippen LogP contribution in [-0.4, -0.2) is 56.1 Å². The van der Waals surface area contributed by atoms with Crippen LogP contribution in [0.1, 0.15) is 103 Å². The molecule has 0 radical (unpaired) electrons. The molecule has 0 aliphatic heterocycles. The SMILES string of the molecule is C=CC=CC=Cc1cccc(-c2ccccc2)c1C(=O)O.CCCCC/C=C/C(=O)O.O=C(O)CC12CC3CC(CC(C3)C1(F)F)C2.O=C(O)c1ccc(CCCl)cc1. The Morgan fingerprint density at radius 3 is 2.02 bits per heavy atom. The maximum Gasteiger partial charge on any atom is 0.336 e. The first-order valence-corrected chi connectivity index (χ1v) is 20.5. The molecule has 59 heavy (non-hydrogen) atoms. The molecule has 3 aromatic carbocycles. The highest BCUT2D eigenvalue weighted by Gasteiger charge is 2.68. The molecule has 0 amide bonds. The third-order valence-electron chi connectivity index (χ3n) is 10.8. The molecule has 4 saturated carbocycles. The van der Waals surface area contributed by atoms with E-state index in [9.17, 15) is 33.1 Å². The number of rotatable bonds is 15. The molecular formula is C48H55ClF2O8. The fraction of sp³-hybridized carbons (Fsp3) is 0.375. The van der Waals surface area contributed by atoms with Crippen molar-refractivity contribution in [3.63, 3.8) is 0 Å². The Balaban J connectivity index is 0.000000219. The number of allylic oxidation sites excluding steroid dienone is 5. The zero-order valence-electron chi connectivity index (χ0n) is 33.4. The van der Waals surface area contributed by atoms with E-state index in [0.717, 1.165) is 42.4 Å². The van der Waals surface area contributed by atoms with Gasteiger partial charge in [-0.05, 0) is 97.6 Å². The lowest BCUT2D eigenvalue weighted by atomic mass is 9.47. The van der Waals surface area contributed by atoms with Crippen molar-refractivity contribution in [3.8, 4) is 11.1 Å². The van der Waals surface area contributed by atoms with Gasteiger partial charge in [-0.3, -0.25) is 4.79 Å². The number of aryl methyl sites for hydroxylation is 1. The molecule has 0 saturated heterocycles. The molecule has 3 aromatic rings. The zero-order chi connectivity index (χ0) is 43.4. The third kappa shape index (κ3) is 14.5. The number of benzene rings is 3. The number of halogens is 3. The summed E-state index contributed by atoms with van der Waals surface area (Å²) < 4.78 is 28.5. The van der Waals surface area contributed by atoms with Crippen LogP contribution >= 0.6 is 11.6 Å². The van der Waals surface area contributed by atoms with Gasteiger partial charge in [-0.2, -0.15) is 0 Å². The van der Waals surface area contributed by atoms with Gasteiger partial charge in [0.15, 0.2) is 0 Å². The minimum absolute atomic E-state index is 0.312. The standard InChI is InChI=1S/C19H16O2.C12H16F2O2.C9H9ClO2.C8H14O2/c1-2-3-4-6-12-16-13-9-14-17(18(16)19(20)21)15-10-7-5-8-11-15;13-12(14)9-2-7-1-8(3-9)5-11(12,4-7)6-10(15)16;10-6-5-7-1-3-8(4-2-7)9(11)12;1-2-3-4-5-6-7-8(9)10/h2-14H,1H2,(H,20,21);7-9H,1-6H2,(H,15,16);1-4H,5-6H2,(H,11,12);6-7H,2-5H2,1H3,(H,9,10)/b;;;7-6+. The van der Waals surface area contributed by atoms with Crippen LogP contribution in [0.15, 0.2) is 116 Å². The Morgan fingerprint density at radius 1 is 0.814 bits per heavy atom. The van der Waals surface area contributed by atoms with E-state index in [1.165, 1.54) is 18.9 Å². The lowest BCUT2D eigenvalue weighted by Gasteiger charge is -2.60. The number of carboxylic acids is 4. The van der Waals surface area contributed by atoms with Gasteiger partial charge >= 0.3 is 23.9 Å². The van der Waals surface area contributed by atoms with E-state index in [4.69, 9.17) is 26.9 Å². The van der Waals surface area contributed by atoms with Crippen LogP contribution in [0.4, 0.5) is 8.78 Å². The maximum absolute atomic E-state index is 14.3. The molecule has 4 aliphatic rings. The summed E-state index contributed by atoms with van der Waals surface area (Å²) in [7, 11) is 0. The molecule has 4 aliphatic carbocycles. The molecule has 4 bridgehead atoms. The van der Waals surface area contributed by atoms with Crippen LogP contribution in [0.25, 0.3) is 17.2 Å². The number of alkyl halides is 3. The molecule has 7 rings (SSSR count). The highest BCUT2D eigenvalue weighted by Crippen LogP contribution is 2.67. The Labute approximate surface area is 350 Å². The van der Waals surface area contributed by atoms with E-state index < -0.39 is 41.1 Å². The van der Waals surface area contributed by atoms with Gasteiger partial charge in [-0.1, -0.05) is 123 Å². The average molecular weight is 833 g/mol. The number of carboxylic acid groups (broad SMARTS) is 4. The van der Waals surface area contributed by atoms with Crippen molar-refractivity contribution in [1.29, 1.82) is 0 Å². The minimum Gasteiger partial charge on any atom is -0.481 e. The third-order valence-corrected chi connectivity index (χ3v) is 11.0. The molecule has 316 valence electrons. The second kappa shape index (κ2) is 23.9. The van der Waals surface area contributed by atoms with Crippen LogP contribution in [0, 0.1) is 23.2 Å². The maximum atomic E-state index is 14.3. The van der Waals surface area contributed by atoms with Gasteiger partial charge in [0.2, 0.25) is 0 Å². The summed E-state index contributed by atoms with van der Waals surface area (Å²) in [5, 5.41) is 35.2. The molecule has 11 heteroatoms. The predicted molar refractivity (Wildman–Crippen MR) is 229 cm³/mol. The molecule has 4 fully saturated rings. The second-order valence-corrected chi connectivity index (χ2v) is 15.5. The monoisotopic (exact) mass is 832 g/mol. The summed E-state index contributed by atoms with van der Waals surface area (Å²) in [6.07, 6.45) is 19.7. The Hall–Kier alpha value is -5.35. The van der Waals surface area contributed by atoms with Gasteiger partial charge in [0.25, 0.3) is 5.92 Å². The molecule has 4 N–H and O–H groups in total. The summed E-state index contributed by atoms with van der Waals surface area (Å²) in [6.45, 7) is 5.72. The largest absolute Gasteiger partial charge is 0.481 e. The summed E-state index contributed by atoms with van der Waals surface area (Å²) in [6, 6.07) is 21.8. The Morgan fingerprint density at radius 2 is 1.47 bits per heavy atom. The number of aromatic carboxylic acids is 2. The van der Waals surface area contributed by atoms with Crippen molar-refractivity contribution in [1.82, 2.24) is 0 Å². The topological polar surface area (TPSA) is 149 Å². The van der Waals surface area contributed by atoms with Crippen LogP contribution < -0.4 is 0 Å². The van der Waals surface area contributed by atoms with Crippen LogP contribution in [0.5, 0.6) is 0 Å². The van der Waals surface area contributed by atoms with E-state index in [1.807, 2.05) is 48.5 Å². The lowest BCUT2D eigenvalue weighted by Crippen LogP contribution is -2.60. The first-order valence-electron chi connectivity index (χ1n) is 19.9. The molecule has 2 atom stereocenters. The summed E-state index contributed by atoms with van der Waals surface area (Å²) in [5.74, 6) is -5.76. The fourth-order valence-electron chi connectivity index (χ4n) is 8.37. The predicted octanol–water partition coefficient (Wildman–Crippen LogP) is 12.1. The van der Waals surface area contributed by atoms with E-state index in [2.05, 4.69) is 13.5 Å². The van der Waals surface area contributed by atoms with Gasteiger partial charge in [0.1, 0.15) is 0 Å². The fourth-order valence-corrected chi connectivity index (χ4v) is 8.59. The second-order valence-electron chi connectivity index (χ2n) is 15.1. The van der Waals surface area contributed by atoms with Crippen molar-refractivity contribution in [2.45, 2.75) is 83.5 Å². The molecular weight excluding hydrogens is 778 g/mol. The van der Waals surface area contributed by atoms with Gasteiger partial charge in [0, 0.05) is 23.3 Å². The van der Waals surface area contributed by atoms with Crippen molar-refractivity contribution in [2.75, 3.05) is 5.88 Å². The van der Waals surface area contributed by atoms with Crippen molar-refractivity contribution in [3.05, 3.63) is 138 Å². The van der Waals surface area contributed by atoms with Gasteiger partial charge in [0.05, 0.1) is 17.5 Å². The van der Waals surface area contributed by atoms with E-state index in [-0.39, 0.29) is 6.42 Å². The number of aliphatic carboxylic acids is 2. The molecule has 8 nitrogen and oxygen atoms in total. The smallest absolute Gasteiger partial charge is 0.336 e. The van der Waals surface area contributed by atoms with Crippen LogP contribution in [0.2, 0.25) is 0 Å². The number of hydrogen-bond acceptors (Lipinski definition) is 4. The van der Waals surface area contributed by atoms with Gasteiger partial charge in [-0.25, -0.2) is 23.2 Å². The zero-order valence-corrected chi connectivity index (χ0v) is 34.2. The average Bonchev–Trinajstić information content (AvgIpc) is 3.19. The number of unbranched alkanes of at least 4 members (excludes halogenated alkanes) is 3. The Kier molecular flexibility index (Phi) is 19.5. The van der Waals surface area contributed by atoms with Crippen molar-refractivity contribution < 1.29 is 48.4 Å². The van der Waals surface area contributed by atoms with E-state index >= 15 is 0 Å². The Bertz CT molecular complexity index is 1920. The quantitative estimate of drug-likeness (QED) is 0.0512. The van der Waals surface area contributed by atoms with E-state index in [0.29, 0.717) is 60.1 Å². The first-order chi connectivity index (χ1) is 28.2. The number of carbonyl (C=O) groups is 4. The van der Waals surface area contributed by atoms with Crippen molar-refractivity contribution >= 4 is 41.6 Å². The summed E-state index contributed by atoms with van der Waals surface area (Å²) in [5.41, 5.74) is 2.77. The highest BCUT2D eigenvalue weighted by molar-refractivity contribution is 6.18. The molecule has 0 heterocycles. The molecule has 0 spiro atoms. The molecule has 2 unspecified atom stereocenters. The number of hydrogen-bond donors (Lipinski definition) is 4. The highest BCUT2D eigenvalue weighted by atomic mass is 35.5. The van der Waals surface area contributed by atoms with E-state index in [1.54, 1.807) is 60.7 Å². The lowest BCUT2D eigenvalue weighted by molar-refractivity contribution is -0.258. The van der Waals surface area contributed by atoms with Gasteiger partial charge in [-0.15, -0.1) is 11.6 Å². The summed E-state index contributed by atoms with van der Waals surface area (Å²) in [4.78, 5) is 42.9. The van der Waals surface area contributed by atoms with Gasteiger partial charge < -0.3 is 20.4 Å². The van der Waals surface area contributed by atoms with Crippen LogP contribution in [-0.2, 0) is 16.0 Å². The molecule has 0 aromatic heterocycles. The normalized spacial score (nSPS) is 20.8. The van der Waals surface area contributed by atoms with Crippen molar-refractivity contribution in [2.24, 2.45) is 23.2 Å². The summed E-state index contributed by atoms with van der Waals surface area (Å²) >= 11 is 5.52.